The van der Waals surface area contributed by atoms with Crippen LogP contribution in [0.3, 0.4) is 0 Å². The summed E-state index contributed by atoms with van der Waals surface area (Å²) >= 11 is 0. The van der Waals surface area contributed by atoms with Crippen molar-refractivity contribution in [3.05, 3.63) is 95.6 Å². The fourth-order valence-electron chi connectivity index (χ4n) is 4.01. The summed E-state index contributed by atoms with van der Waals surface area (Å²) in [5, 5.41) is 13.5. The van der Waals surface area contributed by atoms with Gasteiger partial charge in [-0.15, -0.1) is 0 Å². The van der Waals surface area contributed by atoms with E-state index < -0.39 is 26.3 Å². The molecule has 0 heterocycles. The molecule has 220 valence electrons. The van der Waals surface area contributed by atoms with E-state index in [9.17, 15) is 21.9 Å². The Morgan fingerprint density at radius 3 is 1.60 bits per heavy atom. The molecule has 1 aliphatic rings. The topological polar surface area (TPSA) is 167 Å². The Bertz CT molecular complexity index is 1280. The monoisotopic (exact) mass is 592 g/mol. The molecule has 0 amide bonds. The molecular weight excluding hydrogens is 552 g/mol. The van der Waals surface area contributed by atoms with Gasteiger partial charge in [0, 0.05) is 18.6 Å². The number of rotatable bonds is 8. The number of aliphatic hydroxyl groups excluding tert-OH is 1. The third-order valence-corrected chi connectivity index (χ3v) is 8.15. The first-order chi connectivity index (χ1) is 18.8. The summed E-state index contributed by atoms with van der Waals surface area (Å²) in [6.45, 7) is 4.29. The minimum Gasteiger partial charge on any atom is -0.390 e. The summed E-state index contributed by atoms with van der Waals surface area (Å²) < 4.78 is 59.1. The molecule has 9 nitrogen and oxygen atoms in total. The molecule has 1 aliphatic carbocycles. The standard InChI is InChI=1S/C15H24N2O.2C7H8O3S/c16-14(10-12-6-2-1-3-7-12)15(18)11-17-13-8-4-5-9-13;2*1-6-2-4-7(5-3-6)11(8,9)10/h1-3,6-7,13-15,17-18H,4-5,8-11,16H2;2*2-5H,1H3,(H,8,9,10)/t14-,15+;;/m0../s1. The third kappa shape index (κ3) is 12.7. The molecule has 1 fully saturated rings. The van der Waals surface area contributed by atoms with E-state index in [2.05, 4.69) is 17.4 Å². The molecule has 11 heteroatoms. The zero-order valence-electron chi connectivity index (χ0n) is 22.8. The minimum absolute atomic E-state index is 0.0666. The fraction of sp³-hybridized carbons (Fsp3) is 0.379. The van der Waals surface area contributed by atoms with Crippen LogP contribution in [-0.2, 0) is 26.7 Å². The van der Waals surface area contributed by atoms with Crippen molar-refractivity contribution in [1.29, 1.82) is 0 Å². The van der Waals surface area contributed by atoms with E-state index >= 15 is 0 Å². The fourth-order valence-corrected chi connectivity index (χ4v) is 4.97. The van der Waals surface area contributed by atoms with E-state index in [0.717, 1.165) is 17.5 Å². The molecule has 6 N–H and O–H groups in total. The summed E-state index contributed by atoms with van der Waals surface area (Å²) in [5.41, 5.74) is 9.14. The van der Waals surface area contributed by atoms with Gasteiger partial charge in [-0.05, 0) is 62.9 Å². The molecule has 0 aliphatic heterocycles. The largest absolute Gasteiger partial charge is 0.390 e. The van der Waals surface area contributed by atoms with Crippen LogP contribution in [0.5, 0.6) is 0 Å². The highest BCUT2D eigenvalue weighted by molar-refractivity contribution is 7.86. The molecule has 1 saturated carbocycles. The van der Waals surface area contributed by atoms with Crippen molar-refractivity contribution in [3.8, 4) is 0 Å². The van der Waals surface area contributed by atoms with E-state index in [-0.39, 0.29) is 15.8 Å². The zero-order valence-corrected chi connectivity index (χ0v) is 24.5. The Morgan fingerprint density at radius 2 is 1.20 bits per heavy atom. The Kier molecular flexibility index (Phi) is 13.4. The van der Waals surface area contributed by atoms with E-state index in [0.29, 0.717) is 12.6 Å². The van der Waals surface area contributed by atoms with Gasteiger partial charge in [0.25, 0.3) is 20.2 Å². The van der Waals surface area contributed by atoms with Gasteiger partial charge in [-0.3, -0.25) is 9.11 Å². The summed E-state index contributed by atoms with van der Waals surface area (Å²) in [6.07, 6.45) is 5.36. The maximum Gasteiger partial charge on any atom is 0.294 e. The first-order valence-electron chi connectivity index (χ1n) is 13.0. The number of aliphatic hydroxyl groups is 1. The quantitative estimate of drug-likeness (QED) is 0.243. The number of nitrogens with two attached hydrogens (primary N) is 1. The Labute approximate surface area is 238 Å². The predicted molar refractivity (Wildman–Crippen MR) is 156 cm³/mol. The first kappa shape index (κ1) is 33.6. The number of aryl methyl sites for hydroxylation is 2. The molecular formula is C29H40N2O7S2. The lowest BCUT2D eigenvalue weighted by Crippen LogP contribution is -2.45. The van der Waals surface area contributed by atoms with Gasteiger partial charge >= 0.3 is 0 Å². The van der Waals surface area contributed by atoms with Crippen molar-refractivity contribution in [2.75, 3.05) is 6.54 Å². The van der Waals surface area contributed by atoms with Crippen molar-refractivity contribution >= 4 is 20.2 Å². The molecule has 0 aromatic heterocycles. The molecule has 0 saturated heterocycles. The maximum atomic E-state index is 10.5. The third-order valence-electron chi connectivity index (χ3n) is 6.42. The van der Waals surface area contributed by atoms with Crippen molar-refractivity contribution in [3.63, 3.8) is 0 Å². The SMILES string of the molecule is Cc1ccc(S(=O)(=O)O)cc1.Cc1ccc(S(=O)(=O)O)cc1.N[C@@H](Cc1ccccc1)[C@H](O)CNC1CCCC1. The summed E-state index contributed by atoms with van der Waals surface area (Å²) in [4.78, 5) is -0.133. The highest BCUT2D eigenvalue weighted by Gasteiger charge is 2.19. The van der Waals surface area contributed by atoms with Crippen LogP contribution in [0, 0.1) is 13.8 Å². The zero-order chi connectivity index (χ0) is 29.8. The maximum absolute atomic E-state index is 10.5. The van der Waals surface area contributed by atoms with Crippen LogP contribution < -0.4 is 11.1 Å². The van der Waals surface area contributed by atoms with Crippen LogP contribution in [0.1, 0.15) is 42.4 Å². The molecule has 0 unspecified atom stereocenters. The number of benzene rings is 3. The Morgan fingerprint density at radius 1 is 0.775 bits per heavy atom. The Balaban J connectivity index is 0.000000222. The molecule has 0 bridgehead atoms. The van der Waals surface area contributed by atoms with E-state index in [4.69, 9.17) is 14.8 Å². The van der Waals surface area contributed by atoms with Crippen molar-refractivity contribution < 1.29 is 31.0 Å². The first-order valence-corrected chi connectivity index (χ1v) is 15.9. The lowest BCUT2D eigenvalue weighted by atomic mass is 10.0. The van der Waals surface area contributed by atoms with Crippen molar-refractivity contribution in [2.24, 2.45) is 5.73 Å². The van der Waals surface area contributed by atoms with Gasteiger partial charge in [0.05, 0.1) is 15.9 Å². The average molecular weight is 593 g/mol. The second kappa shape index (κ2) is 16.0. The Hall–Kier alpha value is -2.64. The molecule has 4 rings (SSSR count). The highest BCUT2D eigenvalue weighted by atomic mass is 32.2. The summed E-state index contributed by atoms with van der Waals surface area (Å²) in [5.74, 6) is 0. The molecule has 0 radical (unpaired) electrons. The van der Waals surface area contributed by atoms with Crippen LogP contribution in [-0.4, -0.2) is 55.8 Å². The van der Waals surface area contributed by atoms with Gasteiger partial charge in [-0.2, -0.15) is 16.8 Å². The normalized spacial score (nSPS) is 15.2. The number of nitrogens with one attached hydrogen (secondary N) is 1. The molecule has 40 heavy (non-hydrogen) atoms. The van der Waals surface area contributed by atoms with Crippen molar-refractivity contribution in [1.82, 2.24) is 5.32 Å². The van der Waals surface area contributed by atoms with Crippen LogP contribution in [0.15, 0.2) is 88.7 Å². The van der Waals surface area contributed by atoms with Gasteiger partial charge in [0.15, 0.2) is 0 Å². The van der Waals surface area contributed by atoms with E-state index in [1.807, 2.05) is 32.0 Å². The average Bonchev–Trinajstić information content (AvgIpc) is 3.42. The second-order valence-corrected chi connectivity index (χ2v) is 12.7. The lowest BCUT2D eigenvalue weighted by molar-refractivity contribution is 0.138. The van der Waals surface area contributed by atoms with Gasteiger partial charge < -0.3 is 16.2 Å². The van der Waals surface area contributed by atoms with Gasteiger partial charge in [-0.25, -0.2) is 0 Å². The summed E-state index contributed by atoms with van der Waals surface area (Å²) in [6, 6.07) is 22.5. The number of hydrogen-bond donors (Lipinski definition) is 5. The highest BCUT2D eigenvalue weighted by Crippen LogP contribution is 2.17. The van der Waals surface area contributed by atoms with E-state index in [1.165, 1.54) is 55.5 Å². The van der Waals surface area contributed by atoms with E-state index in [1.54, 1.807) is 24.3 Å². The minimum atomic E-state index is -4.02. The van der Waals surface area contributed by atoms with Crippen LogP contribution in [0.2, 0.25) is 0 Å². The predicted octanol–water partition coefficient (Wildman–Crippen LogP) is 3.93. The molecule has 3 aromatic rings. The van der Waals surface area contributed by atoms with Crippen molar-refractivity contribution in [2.45, 2.75) is 73.9 Å². The smallest absolute Gasteiger partial charge is 0.294 e. The lowest BCUT2D eigenvalue weighted by Gasteiger charge is -2.21. The van der Waals surface area contributed by atoms with Crippen LogP contribution in [0.4, 0.5) is 0 Å². The van der Waals surface area contributed by atoms with Crippen LogP contribution in [0.25, 0.3) is 0 Å². The molecule has 2 atom stereocenters. The van der Waals surface area contributed by atoms with Gasteiger partial charge in [0.2, 0.25) is 0 Å². The van der Waals surface area contributed by atoms with Crippen LogP contribution >= 0.6 is 0 Å². The summed E-state index contributed by atoms with van der Waals surface area (Å²) in [7, 11) is -8.04. The number of hydrogen-bond acceptors (Lipinski definition) is 7. The molecule has 3 aromatic carbocycles. The van der Waals surface area contributed by atoms with Gasteiger partial charge in [-0.1, -0.05) is 78.6 Å². The second-order valence-electron chi connectivity index (χ2n) is 9.89. The van der Waals surface area contributed by atoms with Gasteiger partial charge in [0.1, 0.15) is 0 Å². The molecule has 0 spiro atoms.